The second kappa shape index (κ2) is 5.82. The van der Waals surface area contributed by atoms with Crippen molar-refractivity contribution >= 4 is 0 Å². The van der Waals surface area contributed by atoms with Crippen molar-refractivity contribution < 1.29 is 9.13 Å². The SMILES string of the molecule is CC(C)(C)c1ccc(OC/C(F)=C/CN)cc1. The van der Waals surface area contributed by atoms with Crippen LogP contribution in [0.1, 0.15) is 26.3 Å². The summed E-state index contributed by atoms with van der Waals surface area (Å²) < 4.78 is 18.3. The molecular weight excluding hydrogens is 217 g/mol. The van der Waals surface area contributed by atoms with Crippen LogP contribution < -0.4 is 10.5 Å². The Kier molecular flexibility index (Phi) is 4.70. The summed E-state index contributed by atoms with van der Waals surface area (Å²) in [6.07, 6.45) is 1.31. The van der Waals surface area contributed by atoms with E-state index in [4.69, 9.17) is 10.5 Å². The van der Waals surface area contributed by atoms with Crippen LogP contribution in [0.15, 0.2) is 36.2 Å². The first kappa shape index (κ1) is 13.7. The number of nitrogens with two attached hydrogens (primary N) is 1. The van der Waals surface area contributed by atoms with Gasteiger partial charge in [0, 0.05) is 6.54 Å². The number of benzene rings is 1. The van der Waals surface area contributed by atoms with E-state index in [1.54, 1.807) is 0 Å². The van der Waals surface area contributed by atoms with Crippen LogP contribution in [0.2, 0.25) is 0 Å². The van der Waals surface area contributed by atoms with E-state index < -0.39 is 0 Å². The summed E-state index contributed by atoms with van der Waals surface area (Å²) in [5, 5.41) is 0. The number of ether oxygens (including phenoxy) is 1. The molecule has 0 saturated heterocycles. The van der Waals surface area contributed by atoms with E-state index in [1.165, 1.54) is 11.6 Å². The number of rotatable bonds is 4. The molecule has 1 aromatic carbocycles. The van der Waals surface area contributed by atoms with Gasteiger partial charge in [0.05, 0.1) is 0 Å². The first-order chi connectivity index (χ1) is 7.93. The number of hydrogen-bond acceptors (Lipinski definition) is 2. The lowest BCUT2D eigenvalue weighted by atomic mass is 9.87. The number of hydrogen-bond donors (Lipinski definition) is 1. The van der Waals surface area contributed by atoms with Crippen LogP contribution in [0.25, 0.3) is 0 Å². The monoisotopic (exact) mass is 237 g/mol. The Morgan fingerprint density at radius 3 is 2.35 bits per heavy atom. The van der Waals surface area contributed by atoms with Crippen molar-refractivity contribution in [1.29, 1.82) is 0 Å². The van der Waals surface area contributed by atoms with Gasteiger partial charge < -0.3 is 10.5 Å². The van der Waals surface area contributed by atoms with Crippen LogP contribution in [0.4, 0.5) is 4.39 Å². The summed E-state index contributed by atoms with van der Waals surface area (Å²) >= 11 is 0. The minimum atomic E-state index is -0.340. The van der Waals surface area contributed by atoms with Crippen LogP contribution in [0.3, 0.4) is 0 Å². The van der Waals surface area contributed by atoms with Gasteiger partial charge in [0.2, 0.25) is 0 Å². The molecule has 0 bridgehead atoms. The zero-order chi connectivity index (χ0) is 12.9. The average molecular weight is 237 g/mol. The lowest BCUT2D eigenvalue weighted by Crippen LogP contribution is -2.10. The van der Waals surface area contributed by atoms with Gasteiger partial charge in [-0.3, -0.25) is 0 Å². The Balaban J connectivity index is 2.60. The smallest absolute Gasteiger partial charge is 0.139 e. The van der Waals surface area contributed by atoms with Gasteiger partial charge in [0.15, 0.2) is 0 Å². The molecule has 0 radical (unpaired) electrons. The molecule has 1 rings (SSSR count). The van der Waals surface area contributed by atoms with Crippen molar-refractivity contribution in [2.45, 2.75) is 26.2 Å². The molecule has 0 atom stereocenters. The van der Waals surface area contributed by atoms with E-state index in [9.17, 15) is 4.39 Å². The zero-order valence-electron chi connectivity index (χ0n) is 10.7. The third-order valence-electron chi connectivity index (χ3n) is 2.44. The van der Waals surface area contributed by atoms with Crippen LogP contribution in [0, 0.1) is 0 Å². The second-order valence-electron chi connectivity index (χ2n) is 4.95. The van der Waals surface area contributed by atoms with Crippen molar-refractivity contribution in [2.24, 2.45) is 5.73 Å². The molecule has 2 N–H and O–H groups in total. The molecule has 0 aliphatic carbocycles. The average Bonchev–Trinajstić information content (AvgIpc) is 2.26. The Labute approximate surface area is 102 Å². The van der Waals surface area contributed by atoms with E-state index in [0.717, 1.165) is 0 Å². The molecule has 0 unspecified atom stereocenters. The maximum atomic E-state index is 13.0. The van der Waals surface area contributed by atoms with Crippen LogP contribution in [-0.4, -0.2) is 13.2 Å². The third-order valence-corrected chi connectivity index (χ3v) is 2.44. The molecule has 1 aromatic rings. The molecule has 0 spiro atoms. The first-order valence-corrected chi connectivity index (χ1v) is 5.71. The molecule has 0 fully saturated rings. The van der Waals surface area contributed by atoms with Gasteiger partial charge in [0.1, 0.15) is 18.2 Å². The minimum absolute atomic E-state index is 0.0634. The van der Waals surface area contributed by atoms with Gasteiger partial charge in [-0.25, -0.2) is 4.39 Å². The van der Waals surface area contributed by atoms with Crippen molar-refractivity contribution in [1.82, 2.24) is 0 Å². The van der Waals surface area contributed by atoms with E-state index in [0.29, 0.717) is 5.75 Å². The second-order valence-corrected chi connectivity index (χ2v) is 4.95. The molecule has 0 aliphatic heterocycles. The number of halogens is 1. The van der Waals surface area contributed by atoms with Crippen molar-refractivity contribution in [3.63, 3.8) is 0 Å². The van der Waals surface area contributed by atoms with Gasteiger partial charge in [-0.1, -0.05) is 32.9 Å². The highest BCUT2D eigenvalue weighted by molar-refractivity contribution is 5.31. The minimum Gasteiger partial charge on any atom is -0.487 e. The Morgan fingerprint density at radius 1 is 1.29 bits per heavy atom. The predicted octanol–water partition coefficient (Wildman–Crippen LogP) is 3.18. The fourth-order valence-corrected chi connectivity index (χ4v) is 1.39. The van der Waals surface area contributed by atoms with Crippen LogP contribution in [-0.2, 0) is 5.41 Å². The van der Waals surface area contributed by atoms with E-state index in [2.05, 4.69) is 20.8 Å². The van der Waals surface area contributed by atoms with Gasteiger partial charge in [-0.05, 0) is 29.2 Å². The van der Waals surface area contributed by atoms with Gasteiger partial charge in [-0.2, -0.15) is 0 Å². The summed E-state index contributed by atoms with van der Waals surface area (Å²) in [6, 6.07) is 7.71. The summed E-state index contributed by atoms with van der Waals surface area (Å²) in [5.41, 5.74) is 6.53. The summed E-state index contributed by atoms with van der Waals surface area (Å²) in [6.45, 7) is 6.57. The summed E-state index contributed by atoms with van der Waals surface area (Å²) in [7, 11) is 0. The molecule has 0 amide bonds. The molecule has 0 saturated carbocycles. The first-order valence-electron chi connectivity index (χ1n) is 5.71. The van der Waals surface area contributed by atoms with E-state index >= 15 is 0 Å². The van der Waals surface area contributed by atoms with Crippen molar-refractivity contribution in [2.75, 3.05) is 13.2 Å². The molecule has 2 nitrogen and oxygen atoms in total. The van der Waals surface area contributed by atoms with Crippen LogP contribution in [0.5, 0.6) is 5.75 Å². The van der Waals surface area contributed by atoms with Crippen LogP contribution >= 0.6 is 0 Å². The van der Waals surface area contributed by atoms with E-state index in [-0.39, 0.29) is 24.4 Å². The van der Waals surface area contributed by atoms with Gasteiger partial charge in [0.25, 0.3) is 0 Å². The standard InChI is InChI=1S/C14H20FNO/c1-14(2,3)11-4-6-13(7-5-11)17-10-12(15)8-9-16/h4-8H,9-10,16H2,1-3H3/b12-8-. The maximum Gasteiger partial charge on any atom is 0.139 e. The zero-order valence-corrected chi connectivity index (χ0v) is 10.7. The fraction of sp³-hybridized carbons (Fsp3) is 0.429. The normalized spacial score (nSPS) is 12.6. The molecular formula is C14H20FNO. The molecule has 0 heterocycles. The Morgan fingerprint density at radius 2 is 1.88 bits per heavy atom. The highest BCUT2D eigenvalue weighted by atomic mass is 19.1. The summed E-state index contributed by atoms with van der Waals surface area (Å²) in [4.78, 5) is 0. The lowest BCUT2D eigenvalue weighted by Gasteiger charge is -2.19. The lowest BCUT2D eigenvalue weighted by molar-refractivity contribution is 0.318. The molecule has 0 aromatic heterocycles. The van der Waals surface area contributed by atoms with Crippen molar-refractivity contribution in [3.05, 3.63) is 41.7 Å². The predicted molar refractivity (Wildman–Crippen MR) is 68.9 cm³/mol. The Hall–Kier alpha value is -1.35. The molecule has 3 heteroatoms. The Bertz CT molecular complexity index is 376. The third kappa shape index (κ3) is 4.57. The fourth-order valence-electron chi connectivity index (χ4n) is 1.39. The van der Waals surface area contributed by atoms with Gasteiger partial charge in [-0.15, -0.1) is 0 Å². The molecule has 17 heavy (non-hydrogen) atoms. The molecule has 0 aliphatic rings. The quantitative estimate of drug-likeness (QED) is 0.873. The van der Waals surface area contributed by atoms with Gasteiger partial charge >= 0.3 is 0 Å². The highest BCUT2D eigenvalue weighted by Crippen LogP contribution is 2.24. The van der Waals surface area contributed by atoms with E-state index in [1.807, 2.05) is 24.3 Å². The topological polar surface area (TPSA) is 35.2 Å². The largest absolute Gasteiger partial charge is 0.487 e. The molecule has 94 valence electrons. The summed E-state index contributed by atoms with van der Waals surface area (Å²) in [5.74, 6) is 0.325. The van der Waals surface area contributed by atoms with Crippen molar-refractivity contribution in [3.8, 4) is 5.75 Å². The maximum absolute atomic E-state index is 13.0. The highest BCUT2D eigenvalue weighted by Gasteiger charge is 2.12.